The van der Waals surface area contributed by atoms with Crippen molar-refractivity contribution in [1.82, 2.24) is 15.3 Å². The molecule has 1 saturated heterocycles. The molecule has 9 heteroatoms. The number of hydrogen-bond acceptors (Lipinski definition) is 6. The third-order valence-electron chi connectivity index (χ3n) is 3.90. The minimum atomic E-state index is -0.169. The Morgan fingerprint density at radius 3 is 2.72 bits per heavy atom. The van der Waals surface area contributed by atoms with Crippen LogP contribution in [0.1, 0.15) is 40.3 Å². The Morgan fingerprint density at radius 2 is 2.04 bits per heavy atom. The number of nitrogens with zero attached hydrogens (tertiary/aromatic N) is 3. The van der Waals surface area contributed by atoms with E-state index in [4.69, 9.17) is 5.73 Å². The van der Waals surface area contributed by atoms with Gasteiger partial charge in [0.15, 0.2) is 0 Å². The molecule has 1 aliphatic rings. The molecule has 3 rings (SSSR count). The first-order valence-corrected chi connectivity index (χ1v) is 8.77. The molecule has 2 aromatic rings. The smallest absolute Gasteiger partial charge is 0.271 e. The maximum absolute atomic E-state index is 12.1. The van der Waals surface area contributed by atoms with Gasteiger partial charge in [0.2, 0.25) is 0 Å². The highest BCUT2D eigenvalue weighted by molar-refractivity contribution is 7.09. The number of nitrogens with two attached hydrogens (primary N) is 1. The maximum Gasteiger partial charge on any atom is 0.271 e. The number of carbonyl (C=O) groups is 1. The fourth-order valence-corrected chi connectivity index (χ4v) is 3.30. The van der Waals surface area contributed by atoms with Crippen LogP contribution in [-0.4, -0.2) is 29.0 Å². The highest BCUT2D eigenvalue weighted by Gasteiger charge is 2.13. The Hall–Kier alpha value is -1.41. The summed E-state index contributed by atoms with van der Waals surface area (Å²) in [6, 6.07) is 3.98. The zero-order valence-electron chi connectivity index (χ0n) is 13.8. The normalized spacial score (nSPS) is 13.6. The van der Waals surface area contributed by atoms with Crippen LogP contribution in [0.3, 0.4) is 0 Å². The van der Waals surface area contributed by atoms with E-state index >= 15 is 0 Å². The molecule has 1 fully saturated rings. The van der Waals surface area contributed by atoms with Crippen molar-refractivity contribution < 1.29 is 4.79 Å². The molecule has 0 atom stereocenters. The summed E-state index contributed by atoms with van der Waals surface area (Å²) in [5.41, 5.74) is 7.00. The van der Waals surface area contributed by atoms with E-state index in [-0.39, 0.29) is 30.7 Å². The van der Waals surface area contributed by atoms with Crippen LogP contribution in [-0.2, 0) is 13.1 Å². The summed E-state index contributed by atoms with van der Waals surface area (Å²) < 4.78 is 0. The number of carbonyl (C=O) groups excluding carboxylic acids is 1. The van der Waals surface area contributed by atoms with Gasteiger partial charge in [-0.1, -0.05) is 0 Å². The average Bonchev–Trinajstić information content (AvgIpc) is 3.10. The molecule has 25 heavy (non-hydrogen) atoms. The summed E-state index contributed by atoms with van der Waals surface area (Å²) in [6.45, 7) is 2.95. The van der Waals surface area contributed by atoms with Gasteiger partial charge in [-0.15, -0.1) is 36.2 Å². The van der Waals surface area contributed by atoms with Gasteiger partial charge in [-0.2, -0.15) is 0 Å². The van der Waals surface area contributed by atoms with Crippen LogP contribution in [0.2, 0.25) is 0 Å². The van der Waals surface area contributed by atoms with Crippen LogP contribution in [0, 0.1) is 0 Å². The molecule has 0 unspecified atom stereocenters. The summed E-state index contributed by atoms with van der Waals surface area (Å²) in [7, 11) is 0. The fourth-order valence-electron chi connectivity index (χ4n) is 2.65. The predicted octanol–water partition coefficient (Wildman–Crippen LogP) is 2.76. The first kappa shape index (κ1) is 21.6. The second-order valence-electron chi connectivity index (χ2n) is 5.58. The molecular weight excluding hydrogens is 381 g/mol. The lowest BCUT2D eigenvalue weighted by Crippen LogP contribution is -2.30. The van der Waals surface area contributed by atoms with Crippen molar-refractivity contribution in [3.63, 3.8) is 0 Å². The zero-order valence-corrected chi connectivity index (χ0v) is 16.3. The molecular formula is C16H23Cl2N5OS. The molecule has 138 valence electrons. The summed E-state index contributed by atoms with van der Waals surface area (Å²) in [5, 5.41) is 5.41. The third-order valence-corrected chi connectivity index (χ3v) is 4.77. The molecule has 1 amide bonds. The number of piperidine rings is 1. The van der Waals surface area contributed by atoms with E-state index in [1.54, 1.807) is 11.6 Å². The predicted molar refractivity (Wildman–Crippen MR) is 106 cm³/mol. The minimum Gasteiger partial charge on any atom is -0.357 e. The van der Waals surface area contributed by atoms with Gasteiger partial charge in [0.05, 0.1) is 0 Å². The molecule has 0 saturated carbocycles. The van der Waals surface area contributed by atoms with Gasteiger partial charge in [-0.3, -0.25) is 4.79 Å². The number of thiazole rings is 1. The van der Waals surface area contributed by atoms with Gasteiger partial charge in [0, 0.05) is 37.8 Å². The number of halogens is 2. The third kappa shape index (κ3) is 5.81. The molecule has 0 spiro atoms. The van der Waals surface area contributed by atoms with Gasteiger partial charge in [-0.25, -0.2) is 9.97 Å². The molecule has 3 heterocycles. The van der Waals surface area contributed by atoms with Crippen molar-refractivity contribution in [2.24, 2.45) is 5.73 Å². The molecule has 0 aromatic carbocycles. The lowest BCUT2D eigenvalue weighted by Gasteiger charge is -2.27. The Kier molecular flexibility index (Phi) is 9.13. The first-order chi connectivity index (χ1) is 11.3. The summed E-state index contributed by atoms with van der Waals surface area (Å²) in [4.78, 5) is 23.1. The Balaban J connectivity index is 0.00000156. The molecule has 2 aromatic heterocycles. The number of rotatable bonds is 5. The summed E-state index contributed by atoms with van der Waals surface area (Å²) >= 11 is 1.41. The van der Waals surface area contributed by atoms with Crippen LogP contribution < -0.4 is 16.0 Å². The van der Waals surface area contributed by atoms with Crippen LogP contribution in [0.4, 0.5) is 5.82 Å². The maximum atomic E-state index is 12.1. The van der Waals surface area contributed by atoms with E-state index in [9.17, 15) is 4.79 Å². The number of amides is 1. The van der Waals surface area contributed by atoms with E-state index in [0.29, 0.717) is 18.8 Å². The van der Waals surface area contributed by atoms with E-state index in [1.165, 1.54) is 30.6 Å². The standard InChI is InChI=1S/C16H21N5OS.2ClH/c17-9-15-20-13(11-23-15)16(22)19-10-12-4-5-18-14(8-12)21-6-2-1-3-7-21;;/h4-5,8,11H,1-3,6-7,9-10,17H2,(H,19,22);2*1H. The Labute approximate surface area is 164 Å². The van der Waals surface area contributed by atoms with Gasteiger partial charge < -0.3 is 16.0 Å². The molecule has 0 aliphatic carbocycles. The molecule has 0 radical (unpaired) electrons. The van der Waals surface area contributed by atoms with Crippen LogP contribution in [0.25, 0.3) is 0 Å². The number of anilines is 1. The van der Waals surface area contributed by atoms with Crippen molar-refractivity contribution in [2.75, 3.05) is 18.0 Å². The number of hydrogen-bond donors (Lipinski definition) is 2. The highest BCUT2D eigenvalue weighted by atomic mass is 35.5. The highest BCUT2D eigenvalue weighted by Crippen LogP contribution is 2.18. The summed E-state index contributed by atoms with van der Waals surface area (Å²) in [6.07, 6.45) is 5.54. The van der Waals surface area contributed by atoms with Gasteiger partial charge in [0.25, 0.3) is 5.91 Å². The number of aromatic nitrogens is 2. The number of nitrogens with one attached hydrogen (secondary N) is 1. The van der Waals surface area contributed by atoms with Gasteiger partial charge in [-0.05, 0) is 37.0 Å². The second-order valence-corrected chi connectivity index (χ2v) is 6.53. The topological polar surface area (TPSA) is 84.1 Å². The molecule has 6 nitrogen and oxygen atoms in total. The van der Waals surface area contributed by atoms with Crippen molar-refractivity contribution >= 4 is 47.9 Å². The van der Waals surface area contributed by atoms with Crippen molar-refractivity contribution in [3.05, 3.63) is 40.0 Å². The average molecular weight is 404 g/mol. The lowest BCUT2D eigenvalue weighted by molar-refractivity contribution is 0.0946. The van der Waals surface area contributed by atoms with Crippen molar-refractivity contribution in [1.29, 1.82) is 0 Å². The SMILES string of the molecule is Cl.Cl.NCc1nc(C(=O)NCc2ccnc(N3CCCCC3)c2)cs1. The van der Waals surface area contributed by atoms with E-state index in [1.807, 2.05) is 6.07 Å². The van der Waals surface area contributed by atoms with Crippen LogP contribution >= 0.6 is 36.2 Å². The van der Waals surface area contributed by atoms with Crippen LogP contribution in [0.15, 0.2) is 23.7 Å². The number of pyridine rings is 1. The van der Waals surface area contributed by atoms with Gasteiger partial charge in [0.1, 0.15) is 16.5 Å². The lowest BCUT2D eigenvalue weighted by atomic mass is 10.1. The molecule has 0 bridgehead atoms. The monoisotopic (exact) mass is 403 g/mol. The van der Waals surface area contributed by atoms with E-state index < -0.39 is 0 Å². The van der Waals surface area contributed by atoms with Crippen molar-refractivity contribution in [2.45, 2.75) is 32.4 Å². The van der Waals surface area contributed by atoms with E-state index in [2.05, 4.69) is 26.3 Å². The van der Waals surface area contributed by atoms with Gasteiger partial charge >= 0.3 is 0 Å². The minimum absolute atomic E-state index is 0. The largest absolute Gasteiger partial charge is 0.357 e. The van der Waals surface area contributed by atoms with Crippen LogP contribution in [0.5, 0.6) is 0 Å². The molecule has 3 N–H and O–H groups in total. The molecule has 1 aliphatic heterocycles. The van der Waals surface area contributed by atoms with Crippen molar-refractivity contribution in [3.8, 4) is 0 Å². The Morgan fingerprint density at radius 1 is 1.28 bits per heavy atom. The Bertz CT molecular complexity index is 676. The summed E-state index contributed by atoms with van der Waals surface area (Å²) in [5.74, 6) is 0.827. The first-order valence-electron chi connectivity index (χ1n) is 7.89. The fraction of sp³-hybridized carbons (Fsp3) is 0.438. The van der Waals surface area contributed by atoms with E-state index in [0.717, 1.165) is 29.5 Å². The zero-order chi connectivity index (χ0) is 16.1. The quantitative estimate of drug-likeness (QED) is 0.801. The second kappa shape index (κ2) is 10.6.